The van der Waals surface area contributed by atoms with Crippen LogP contribution < -0.4 is 10.1 Å². The molecule has 0 aliphatic rings. The lowest BCUT2D eigenvalue weighted by atomic mass is 10.1. The summed E-state index contributed by atoms with van der Waals surface area (Å²) in [6, 6.07) is 8.79. The first-order valence-corrected chi connectivity index (χ1v) is 5.56. The van der Waals surface area contributed by atoms with E-state index in [1.54, 1.807) is 14.2 Å². The Kier molecular flexibility index (Phi) is 5.29. The molecule has 0 spiro atoms. The van der Waals surface area contributed by atoms with Gasteiger partial charge in [0.05, 0.1) is 13.7 Å². The minimum absolute atomic E-state index is 0.316. The van der Waals surface area contributed by atoms with Gasteiger partial charge in [0.1, 0.15) is 5.75 Å². The maximum atomic E-state index is 5.13. The Morgan fingerprint density at radius 1 is 1.12 bits per heavy atom. The minimum atomic E-state index is 0.316. The predicted molar refractivity (Wildman–Crippen MR) is 65.9 cm³/mol. The second-order valence-electron chi connectivity index (χ2n) is 4.02. The van der Waals surface area contributed by atoms with Gasteiger partial charge < -0.3 is 14.8 Å². The molecule has 0 aliphatic heterocycles. The molecular formula is C13H21NO2. The number of hydrogen-bond acceptors (Lipinski definition) is 3. The first-order chi connectivity index (χ1) is 7.67. The Morgan fingerprint density at radius 2 is 1.75 bits per heavy atom. The van der Waals surface area contributed by atoms with Gasteiger partial charge in [-0.15, -0.1) is 0 Å². The highest BCUT2D eigenvalue weighted by molar-refractivity contribution is 5.28. The topological polar surface area (TPSA) is 30.5 Å². The van der Waals surface area contributed by atoms with Gasteiger partial charge in [-0.1, -0.05) is 12.1 Å². The van der Waals surface area contributed by atoms with E-state index in [4.69, 9.17) is 9.47 Å². The molecule has 0 bridgehead atoms. The van der Waals surface area contributed by atoms with E-state index in [0.29, 0.717) is 12.1 Å². The van der Waals surface area contributed by atoms with Crippen LogP contribution in [-0.2, 0) is 4.74 Å². The Morgan fingerprint density at radius 3 is 2.25 bits per heavy atom. The van der Waals surface area contributed by atoms with Gasteiger partial charge in [0.2, 0.25) is 0 Å². The predicted octanol–water partition coefficient (Wildman–Crippen LogP) is 2.38. The van der Waals surface area contributed by atoms with Crippen molar-refractivity contribution in [2.24, 2.45) is 0 Å². The lowest BCUT2D eigenvalue weighted by Crippen LogP contribution is -2.32. The van der Waals surface area contributed by atoms with Crippen LogP contribution in [0.25, 0.3) is 0 Å². The summed E-state index contributed by atoms with van der Waals surface area (Å²) in [4.78, 5) is 0. The third kappa shape index (κ3) is 3.83. The molecule has 2 unspecified atom stereocenters. The van der Waals surface area contributed by atoms with Gasteiger partial charge in [-0.25, -0.2) is 0 Å². The molecule has 0 saturated carbocycles. The van der Waals surface area contributed by atoms with E-state index in [2.05, 4.69) is 31.3 Å². The molecule has 0 saturated heterocycles. The average Bonchev–Trinajstić information content (AvgIpc) is 2.29. The summed E-state index contributed by atoms with van der Waals surface area (Å²) in [6.07, 6.45) is 0. The molecule has 3 nitrogen and oxygen atoms in total. The lowest BCUT2D eigenvalue weighted by molar-refractivity contribution is 0.167. The van der Waals surface area contributed by atoms with Crippen molar-refractivity contribution in [2.75, 3.05) is 20.8 Å². The summed E-state index contributed by atoms with van der Waals surface area (Å²) in [5.74, 6) is 0.890. The molecule has 90 valence electrons. The Balaban J connectivity index is 2.55. The summed E-state index contributed by atoms with van der Waals surface area (Å²) in [6.45, 7) is 4.98. The number of rotatable bonds is 6. The molecule has 3 heteroatoms. The van der Waals surface area contributed by atoms with E-state index in [9.17, 15) is 0 Å². The molecule has 1 aromatic rings. The molecule has 1 rings (SSSR count). The van der Waals surface area contributed by atoms with Gasteiger partial charge in [-0.2, -0.15) is 0 Å². The van der Waals surface area contributed by atoms with Gasteiger partial charge in [0.25, 0.3) is 0 Å². The highest BCUT2D eigenvalue weighted by Gasteiger charge is 2.08. The van der Waals surface area contributed by atoms with Gasteiger partial charge >= 0.3 is 0 Å². The maximum Gasteiger partial charge on any atom is 0.118 e. The van der Waals surface area contributed by atoms with Crippen LogP contribution in [0.15, 0.2) is 24.3 Å². The van der Waals surface area contributed by atoms with Crippen molar-refractivity contribution in [1.82, 2.24) is 5.32 Å². The van der Waals surface area contributed by atoms with Crippen LogP contribution in [-0.4, -0.2) is 26.9 Å². The fourth-order valence-corrected chi connectivity index (χ4v) is 1.71. The normalized spacial score (nSPS) is 14.5. The highest BCUT2D eigenvalue weighted by Crippen LogP contribution is 2.17. The van der Waals surface area contributed by atoms with Crippen molar-refractivity contribution in [3.8, 4) is 5.75 Å². The molecule has 0 aliphatic carbocycles. The monoisotopic (exact) mass is 223 g/mol. The fourth-order valence-electron chi connectivity index (χ4n) is 1.71. The van der Waals surface area contributed by atoms with Crippen LogP contribution in [0.1, 0.15) is 25.5 Å². The third-order valence-electron chi connectivity index (χ3n) is 2.57. The van der Waals surface area contributed by atoms with Crippen molar-refractivity contribution in [3.05, 3.63) is 29.8 Å². The van der Waals surface area contributed by atoms with Gasteiger partial charge in [0, 0.05) is 19.2 Å². The lowest BCUT2D eigenvalue weighted by Gasteiger charge is -2.19. The smallest absolute Gasteiger partial charge is 0.118 e. The summed E-state index contributed by atoms with van der Waals surface area (Å²) >= 11 is 0. The van der Waals surface area contributed by atoms with Crippen LogP contribution in [0.3, 0.4) is 0 Å². The quantitative estimate of drug-likeness (QED) is 0.803. The molecular weight excluding hydrogens is 202 g/mol. The van der Waals surface area contributed by atoms with Gasteiger partial charge in [-0.3, -0.25) is 0 Å². The number of nitrogens with one attached hydrogen (secondary N) is 1. The van der Waals surface area contributed by atoms with E-state index in [1.807, 2.05) is 12.1 Å². The maximum absolute atomic E-state index is 5.13. The number of benzene rings is 1. The number of hydrogen-bond donors (Lipinski definition) is 1. The molecule has 1 aromatic carbocycles. The van der Waals surface area contributed by atoms with E-state index in [1.165, 1.54) is 5.56 Å². The highest BCUT2D eigenvalue weighted by atomic mass is 16.5. The first-order valence-electron chi connectivity index (χ1n) is 5.56. The minimum Gasteiger partial charge on any atom is -0.497 e. The van der Waals surface area contributed by atoms with E-state index < -0.39 is 0 Å². The van der Waals surface area contributed by atoms with Crippen molar-refractivity contribution in [2.45, 2.75) is 25.9 Å². The molecule has 0 heterocycles. The summed E-state index contributed by atoms with van der Waals surface area (Å²) < 4.78 is 10.2. The van der Waals surface area contributed by atoms with E-state index in [0.717, 1.165) is 12.4 Å². The van der Waals surface area contributed by atoms with E-state index in [-0.39, 0.29) is 0 Å². The largest absolute Gasteiger partial charge is 0.497 e. The second-order valence-corrected chi connectivity index (χ2v) is 4.02. The number of ether oxygens (including phenoxy) is 2. The van der Waals surface area contributed by atoms with E-state index >= 15 is 0 Å². The van der Waals surface area contributed by atoms with Crippen molar-refractivity contribution < 1.29 is 9.47 Å². The molecule has 16 heavy (non-hydrogen) atoms. The first kappa shape index (κ1) is 13.0. The van der Waals surface area contributed by atoms with Crippen LogP contribution in [0.4, 0.5) is 0 Å². The molecule has 1 N–H and O–H groups in total. The summed E-state index contributed by atoms with van der Waals surface area (Å²) in [5, 5.41) is 3.47. The third-order valence-corrected chi connectivity index (χ3v) is 2.57. The average molecular weight is 223 g/mol. The zero-order valence-corrected chi connectivity index (χ0v) is 10.5. The molecule has 0 radical (unpaired) electrons. The Hall–Kier alpha value is -1.06. The van der Waals surface area contributed by atoms with Crippen molar-refractivity contribution in [1.29, 1.82) is 0 Å². The standard InChI is InChI=1S/C13H21NO2/c1-10(9-15-3)14-11(2)12-5-7-13(16-4)8-6-12/h5-8,10-11,14H,9H2,1-4H3. The van der Waals surface area contributed by atoms with Crippen molar-refractivity contribution in [3.63, 3.8) is 0 Å². The summed E-state index contributed by atoms with van der Waals surface area (Å²) in [7, 11) is 3.40. The van der Waals surface area contributed by atoms with Gasteiger partial charge in [-0.05, 0) is 31.5 Å². The SMILES string of the molecule is COCC(C)NC(C)c1ccc(OC)cc1. The molecule has 0 aromatic heterocycles. The Labute approximate surface area is 97.8 Å². The molecule has 2 atom stereocenters. The van der Waals surface area contributed by atoms with Crippen LogP contribution in [0, 0.1) is 0 Å². The Bertz CT molecular complexity index is 297. The van der Waals surface area contributed by atoms with Crippen LogP contribution >= 0.6 is 0 Å². The second kappa shape index (κ2) is 6.51. The number of methoxy groups -OCH3 is 2. The molecule has 0 fully saturated rings. The summed E-state index contributed by atoms with van der Waals surface area (Å²) in [5.41, 5.74) is 1.25. The zero-order chi connectivity index (χ0) is 12.0. The fraction of sp³-hybridized carbons (Fsp3) is 0.538. The zero-order valence-electron chi connectivity index (χ0n) is 10.5. The molecule has 0 amide bonds. The van der Waals surface area contributed by atoms with Crippen LogP contribution in [0.2, 0.25) is 0 Å². The van der Waals surface area contributed by atoms with Crippen LogP contribution in [0.5, 0.6) is 5.75 Å². The van der Waals surface area contributed by atoms with Gasteiger partial charge in [0.15, 0.2) is 0 Å². The van der Waals surface area contributed by atoms with Crippen molar-refractivity contribution >= 4 is 0 Å².